The Hall–Kier alpha value is -3.02. The second-order valence-electron chi connectivity index (χ2n) is 7.76. The van der Waals surface area contributed by atoms with Gasteiger partial charge in [-0.1, -0.05) is 12.1 Å². The molecule has 6 heteroatoms. The molecule has 1 aliphatic heterocycles. The van der Waals surface area contributed by atoms with Crippen molar-refractivity contribution in [2.75, 3.05) is 23.8 Å². The van der Waals surface area contributed by atoms with Crippen LogP contribution in [0.3, 0.4) is 0 Å². The molecule has 2 N–H and O–H groups in total. The van der Waals surface area contributed by atoms with E-state index in [4.69, 9.17) is 4.74 Å². The number of urea groups is 1. The zero-order valence-electron chi connectivity index (χ0n) is 17.0. The lowest BCUT2D eigenvalue weighted by Gasteiger charge is -2.29. The van der Waals surface area contributed by atoms with Crippen molar-refractivity contribution in [2.24, 2.45) is 5.92 Å². The maximum absolute atomic E-state index is 12.9. The zero-order valence-corrected chi connectivity index (χ0v) is 17.0. The molecule has 0 unspecified atom stereocenters. The fraction of sp³-hybridized carbons (Fsp3) is 0.391. The molecule has 2 aromatic carbocycles. The molecule has 4 rings (SSSR count). The third kappa shape index (κ3) is 4.53. The van der Waals surface area contributed by atoms with Crippen molar-refractivity contribution in [3.63, 3.8) is 0 Å². The van der Waals surface area contributed by atoms with Gasteiger partial charge in [0.2, 0.25) is 5.91 Å². The average molecular weight is 393 g/mol. The smallest absolute Gasteiger partial charge is 0.322 e. The van der Waals surface area contributed by atoms with Gasteiger partial charge in [0.25, 0.3) is 0 Å². The first-order chi connectivity index (χ1) is 14.0. The van der Waals surface area contributed by atoms with E-state index >= 15 is 0 Å². The summed E-state index contributed by atoms with van der Waals surface area (Å²) in [5.41, 5.74) is 4.78. The highest BCUT2D eigenvalue weighted by Crippen LogP contribution is 2.31. The predicted molar refractivity (Wildman–Crippen MR) is 113 cm³/mol. The lowest BCUT2D eigenvalue weighted by atomic mass is 10.00. The first-order valence-corrected chi connectivity index (χ1v) is 10.3. The van der Waals surface area contributed by atoms with Gasteiger partial charge in [-0.3, -0.25) is 4.79 Å². The first kappa shape index (κ1) is 19.3. The summed E-state index contributed by atoms with van der Waals surface area (Å²) in [6.07, 6.45) is 2.75. The normalized spacial score (nSPS) is 15.4. The maximum Gasteiger partial charge on any atom is 0.322 e. The minimum Gasteiger partial charge on any atom is -0.494 e. The highest BCUT2D eigenvalue weighted by molar-refractivity contribution is 5.96. The van der Waals surface area contributed by atoms with Crippen LogP contribution in [0.1, 0.15) is 36.5 Å². The quantitative estimate of drug-likeness (QED) is 0.794. The summed E-state index contributed by atoms with van der Waals surface area (Å²) in [6, 6.07) is 11.6. The van der Waals surface area contributed by atoms with E-state index in [0.29, 0.717) is 25.4 Å². The largest absolute Gasteiger partial charge is 0.494 e. The van der Waals surface area contributed by atoms with Crippen LogP contribution in [0.2, 0.25) is 0 Å². The maximum atomic E-state index is 12.9. The summed E-state index contributed by atoms with van der Waals surface area (Å²) in [5.74, 6) is 1.04. The molecule has 29 heavy (non-hydrogen) atoms. The first-order valence-electron chi connectivity index (χ1n) is 10.3. The van der Waals surface area contributed by atoms with Gasteiger partial charge in [-0.15, -0.1) is 0 Å². The summed E-state index contributed by atoms with van der Waals surface area (Å²) in [4.78, 5) is 26.7. The van der Waals surface area contributed by atoms with E-state index in [9.17, 15) is 9.59 Å². The molecule has 1 fully saturated rings. The number of benzene rings is 2. The van der Waals surface area contributed by atoms with E-state index in [2.05, 4.69) is 16.7 Å². The van der Waals surface area contributed by atoms with Crippen LogP contribution in [-0.2, 0) is 17.8 Å². The van der Waals surface area contributed by atoms with Gasteiger partial charge in [-0.25, -0.2) is 4.79 Å². The molecule has 152 valence electrons. The molecule has 0 saturated heterocycles. The molecule has 6 nitrogen and oxygen atoms in total. The number of nitrogens with zero attached hydrogens (tertiary/aromatic N) is 1. The third-order valence-corrected chi connectivity index (χ3v) is 5.48. The van der Waals surface area contributed by atoms with E-state index in [1.165, 1.54) is 5.56 Å². The molecule has 0 aromatic heterocycles. The number of hydrogen-bond acceptors (Lipinski definition) is 3. The molecule has 0 spiro atoms. The van der Waals surface area contributed by atoms with Gasteiger partial charge in [-0.05, 0) is 74.1 Å². The fourth-order valence-corrected chi connectivity index (χ4v) is 3.58. The van der Waals surface area contributed by atoms with Crippen LogP contribution in [0.4, 0.5) is 16.2 Å². The predicted octanol–water partition coefficient (Wildman–Crippen LogP) is 4.33. The fourth-order valence-electron chi connectivity index (χ4n) is 3.58. The number of fused-ring (bicyclic) bond motifs is 1. The van der Waals surface area contributed by atoms with Gasteiger partial charge in [0.1, 0.15) is 5.75 Å². The van der Waals surface area contributed by atoms with Crippen LogP contribution in [0.15, 0.2) is 36.4 Å². The SMILES string of the molecule is CCOc1ccc2c(c1)CN(C(=O)Nc1cc(NC(=O)C3CC3)ccc1C)CC2. The van der Waals surface area contributed by atoms with Gasteiger partial charge in [0.15, 0.2) is 0 Å². The average Bonchev–Trinajstić information content (AvgIpc) is 3.55. The number of hydrogen-bond donors (Lipinski definition) is 2. The lowest BCUT2D eigenvalue weighted by molar-refractivity contribution is -0.117. The van der Waals surface area contributed by atoms with E-state index in [0.717, 1.165) is 41.8 Å². The standard InChI is InChI=1S/C23H27N3O3/c1-3-29-20-9-7-16-10-11-26(14-18(16)12-20)23(28)25-21-13-19(8-4-15(21)2)24-22(27)17-5-6-17/h4,7-9,12-13,17H,3,5-6,10-11,14H2,1-2H3,(H,24,27)(H,25,28). The molecule has 1 heterocycles. The Morgan fingerprint density at radius 3 is 2.69 bits per heavy atom. The number of anilines is 2. The monoisotopic (exact) mass is 393 g/mol. The Morgan fingerprint density at radius 2 is 1.93 bits per heavy atom. The highest BCUT2D eigenvalue weighted by atomic mass is 16.5. The van der Waals surface area contributed by atoms with Crippen LogP contribution in [0.5, 0.6) is 5.75 Å². The second-order valence-corrected chi connectivity index (χ2v) is 7.76. The van der Waals surface area contributed by atoms with Crippen LogP contribution >= 0.6 is 0 Å². The third-order valence-electron chi connectivity index (χ3n) is 5.48. The number of carbonyl (C=O) groups is 2. The van der Waals surface area contributed by atoms with Crippen molar-refractivity contribution >= 4 is 23.3 Å². The number of rotatable bonds is 5. The van der Waals surface area contributed by atoms with Crippen molar-refractivity contribution in [2.45, 2.75) is 39.7 Å². The Labute approximate surface area is 171 Å². The van der Waals surface area contributed by atoms with Gasteiger partial charge in [0.05, 0.1) is 6.61 Å². The number of ether oxygens (including phenoxy) is 1. The van der Waals surface area contributed by atoms with Crippen molar-refractivity contribution < 1.29 is 14.3 Å². The highest BCUT2D eigenvalue weighted by Gasteiger charge is 2.29. The summed E-state index contributed by atoms with van der Waals surface area (Å²) in [6.45, 7) is 5.75. The van der Waals surface area contributed by atoms with E-state index in [1.54, 1.807) is 0 Å². The van der Waals surface area contributed by atoms with Crippen molar-refractivity contribution in [1.29, 1.82) is 0 Å². The molecule has 0 atom stereocenters. The van der Waals surface area contributed by atoms with Crippen LogP contribution in [0.25, 0.3) is 0 Å². The summed E-state index contributed by atoms with van der Waals surface area (Å²) in [5, 5.41) is 5.95. The molecule has 3 amide bonds. The number of carbonyl (C=O) groups excluding carboxylic acids is 2. The van der Waals surface area contributed by atoms with Gasteiger partial charge >= 0.3 is 6.03 Å². The van der Waals surface area contributed by atoms with Crippen molar-refractivity contribution in [3.8, 4) is 5.75 Å². The molecular weight excluding hydrogens is 366 g/mol. The Morgan fingerprint density at radius 1 is 1.10 bits per heavy atom. The molecule has 1 saturated carbocycles. The van der Waals surface area contributed by atoms with Gasteiger partial charge < -0.3 is 20.3 Å². The zero-order chi connectivity index (χ0) is 20.4. The second kappa shape index (κ2) is 8.15. The summed E-state index contributed by atoms with van der Waals surface area (Å²) < 4.78 is 5.59. The lowest BCUT2D eigenvalue weighted by Crippen LogP contribution is -2.39. The number of aryl methyl sites for hydroxylation is 1. The summed E-state index contributed by atoms with van der Waals surface area (Å²) in [7, 11) is 0. The van der Waals surface area contributed by atoms with Crippen molar-refractivity contribution in [3.05, 3.63) is 53.1 Å². The molecule has 0 bridgehead atoms. The van der Waals surface area contributed by atoms with Crippen LogP contribution < -0.4 is 15.4 Å². The molecule has 0 radical (unpaired) electrons. The molecular formula is C23H27N3O3. The van der Waals surface area contributed by atoms with Crippen LogP contribution in [0, 0.1) is 12.8 Å². The van der Waals surface area contributed by atoms with Crippen molar-refractivity contribution in [1.82, 2.24) is 4.90 Å². The Bertz CT molecular complexity index is 937. The minimum atomic E-state index is -0.133. The van der Waals surface area contributed by atoms with Gasteiger partial charge in [0, 0.05) is 30.4 Å². The molecule has 1 aliphatic carbocycles. The molecule has 2 aliphatic rings. The minimum absolute atomic E-state index is 0.0591. The molecule has 2 aromatic rings. The van der Waals surface area contributed by atoms with Gasteiger partial charge in [-0.2, -0.15) is 0 Å². The Balaban J connectivity index is 1.44. The summed E-state index contributed by atoms with van der Waals surface area (Å²) >= 11 is 0. The van der Waals surface area contributed by atoms with E-state index in [-0.39, 0.29) is 17.9 Å². The number of amides is 3. The van der Waals surface area contributed by atoms with E-state index in [1.807, 2.05) is 49.1 Å². The number of nitrogens with one attached hydrogen (secondary N) is 2. The van der Waals surface area contributed by atoms with Crippen LogP contribution in [-0.4, -0.2) is 30.0 Å². The van der Waals surface area contributed by atoms with E-state index < -0.39 is 0 Å². The topological polar surface area (TPSA) is 70.7 Å². The Kier molecular flexibility index (Phi) is 5.43.